The molecular formula is C22H29N5O3. The van der Waals surface area contributed by atoms with Gasteiger partial charge >= 0.3 is 0 Å². The minimum Gasteiger partial charge on any atom is -0.493 e. The van der Waals surface area contributed by atoms with Crippen molar-refractivity contribution in [3.8, 4) is 11.5 Å². The summed E-state index contributed by atoms with van der Waals surface area (Å²) in [6, 6.07) is 9.62. The summed E-state index contributed by atoms with van der Waals surface area (Å²) in [6.45, 7) is 3.93. The fraction of sp³-hybridized carbons (Fsp3) is 0.409. The summed E-state index contributed by atoms with van der Waals surface area (Å²) in [7, 11) is 5.04. The van der Waals surface area contributed by atoms with Gasteiger partial charge in [0.2, 0.25) is 5.91 Å². The molecule has 8 heteroatoms. The molecule has 0 fully saturated rings. The highest BCUT2D eigenvalue weighted by Gasteiger charge is 2.21. The van der Waals surface area contributed by atoms with Crippen LogP contribution in [0.4, 0.5) is 5.82 Å². The fourth-order valence-electron chi connectivity index (χ4n) is 3.50. The zero-order valence-corrected chi connectivity index (χ0v) is 18.0. The summed E-state index contributed by atoms with van der Waals surface area (Å²) in [4.78, 5) is 23.0. The lowest BCUT2D eigenvalue weighted by Crippen LogP contribution is -2.44. The van der Waals surface area contributed by atoms with E-state index in [4.69, 9.17) is 9.47 Å². The average molecular weight is 412 g/mol. The van der Waals surface area contributed by atoms with Crippen molar-refractivity contribution in [1.82, 2.24) is 15.2 Å². The number of aliphatic imine (C=N–C) groups is 1. The van der Waals surface area contributed by atoms with Crippen LogP contribution in [0.3, 0.4) is 0 Å². The van der Waals surface area contributed by atoms with Crippen LogP contribution < -0.4 is 20.1 Å². The Balaban J connectivity index is 1.55. The van der Waals surface area contributed by atoms with Gasteiger partial charge in [-0.3, -0.25) is 9.79 Å². The summed E-state index contributed by atoms with van der Waals surface area (Å²) in [5.74, 6) is 2.74. The lowest BCUT2D eigenvalue weighted by Gasteiger charge is -2.32. The monoisotopic (exact) mass is 411 g/mol. The third kappa shape index (κ3) is 5.20. The number of guanidine groups is 1. The Morgan fingerprint density at radius 2 is 1.93 bits per heavy atom. The first kappa shape index (κ1) is 21.4. The van der Waals surface area contributed by atoms with Gasteiger partial charge in [-0.2, -0.15) is 0 Å². The Hall–Kier alpha value is -3.29. The maximum absolute atomic E-state index is 12.2. The Morgan fingerprint density at radius 3 is 2.60 bits per heavy atom. The zero-order valence-electron chi connectivity index (χ0n) is 18.0. The number of hydrogen-bond acceptors (Lipinski definition) is 5. The van der Waals surface area contributed by atoms with E-state index in [1.165, 1.54) is 11.1 Å². The largest absolute Gasteiger partial charge is 0.493 e. The molecule has 0 saturated carbocycles. The summed E-state index contributed by atoms with van der Waals surface area (Å²) < 4.78 is 10.8. The van der Waals surface area contributed by atoms with E-state index in [0.717, 1.165) is 42.7 Å². The number of aryl methyl sites for hydroxylation is 1. The summed E-state index contributed by atoms with van der Waals surface area (Å²) in [5.41, 5.74) is 3.31. The van der Waals surface area contributed by atoms with Crippen molar-refractivity contribution in [3.05, 3.63) is 47.2 Å². The predicted molar refractivity (Wildman–Crippen MR) is 117 cm³/mol. The third-order valence-corrected chi connectivity index (χ3v) is 5.02. The van der Waals surface area contributed by atoms with Crippen LogP contribution >= 0.6 is 0 Å². The van der Waals surface area contributed by atoms with Crippen molar-refractivity contribution in [2.24, 2.45) is 4.99 Å². The molecule has 2 heterocycles. The highest BCUT2D eigenvalue weighted by atomic mass is 16.5. The highest BCUT2D eigenvalue weighted by molar-refractivity contribution is 5.90. The molecule has 1 aromatic carbocycles. The van der Waals surface area contributed by atoms with Crippen LogP contribution in [0, 0.1) is 6.92 Å². The molecule has 0 radical (unpaired) electrons. The molecule has 0 bridgehead atoms. The molecule has 0 saturated heterocycles. The fourth-order valence-corrected chi connectivity index (χ4v) is 3.50. The first-order valence-electron chi connectivity index (χ1n) is 9.97. The quantitative estimate of drug-likeness (QED) is 0.561. The van der Waals surface area contributed by atoms with E-state index in [9.17, 15) is 4.79 Å². The smallest absolute Gasteiger partial charge is 0.227 e. The van der Waals surface area contributed by atoms with Gasteiger partial charge in [-0.15, -0.1) is 0 Å². The Kier molecular flexibility index (Phi) is 7.11. The molecule has 1 aromatic heterocycles. The van der Waals surface area contributed by atoms with E-state index < -0.39 is 0 Å². The molecule has 0 atom stereocenters. The highest BCUT2D eigenvalue weighted by Crippen LogP contribution is 2.33. The van der Waals surface area contributed by atoms with E-state index in [0.29, 0.717) is 18.8 Å². The second-order valence-electron chi connectivity index (χ2n) is 7.08. The molecule has 0 spiro atoms. The van der Waals surface area contributed by atoms with Gasteiger partial charge in [0.05, 0.1) is 14.2 Å². The number of nitrogens with zero attached hydrogens (tertiary/aromatic N) is 3. The Bertz CT molecular complexity index is 929. The molecule has 3 rings (SSSR count). The maximum atomic E-state index is 12.2. The number of methoxy groups -OCH3 is 2. The van der Waals surface area contributed by atoms with Crippen molar-refractivity contribution in [2.75, 3.05) is 39.7 Å². The molecule has 8 nitrogen and oxygen atoms in total. The van der Waals surface area contributed by atoms with E-state index in [-0.39, 0.29) is 5.91 Å². The van der Waals surface area contributed by atoms with Gasteiger partial charge < -0.3 is 25.0 Å². The number of carbonyl (C=O) groups is 1. The van der Waals surface area contributed by atoms with E-state index in [1.807, 2.05) is 31.2 Å². The van der Waals surface area contributed by atoms with E-state index in [2.05, 4.69) is 25.5 Å². The van der Waals surface area contributed by atoms with Gasteiger partial charge in [0.15, 0.2) is 17.5 Å². The number of anilines is 1. The standard InChI is InChI=1S/C22H29N5O3/c1-15-6-5-7-20(25-15)26-21(28)8-10-24-22(23-2)27-11-9-16-12-18(29-3)19(30-4)13-17(16)14-27/h5-7,12-13H,8-11,14H2,1-4H3,(H,23,24)(H,25,26,28). The summed E-state index contributed by atoms with van der Waals surface area (Å²) in [6.07, 6.45) is 1.21. The number of benzene rings is 1. The van der Waals surface area contributed by atoms with Crippen LogP contribution in [0.1, 0.15) is 23.2 Å². The predicted octanol–water partition coefficient (Wildman–Crippen LogP) is 2.37. The molecule has 0 aliphatic carbocycles. The molecular weight excluding hydrogens is 382 g/mol. The second-order valence-corrected chi connectivity index (χ2v) is 7.08. The number of aromatic nitrogens is 1. The molecule has 1 amide bonds. The van der Waals surface area contributed by atoms with Gasteiger partial charge in [0, 0.05) is 38.8 Å². The molecule has 1 aliphatic rings. The van der Waals surface area contributed by atoms with Gasteiger partial charge in [-0.05, 0) is 48.7 Å². The number of ether oxygens (including phenoxy) is 2. The Morgan fingerprint density at radius 1 is 1.20 bits per heavy atom. The zero-order chi connectivity index (χ0) is 21.5. The van der Waals surface area contributed by atoms with Crippen molar-refractivity contribution in [2.45, 2.75) is 26.3 Å². The van der Waals surface area contributed by atoms with Gasteiger partial charge in [0.25, 0.3) is 0 Å². The third-order valence-electron chi connectivity index (χ3n) is 5.02. The lowest BCUT2D eigenvalue weighted by atomic mass is 9.99. The number of carbonyl (C=O) groups excluding carboxylic acids is 1. The minimum atomic E-state index is -0.0862. The summed E-state index contributed by atoms with van der Waals surface area (Å²) >= 11 is 0. The van der Waals surface area contributed by atoms with E-state index >= 15 is 0 Å². The molecule has 160 valence electrons. The Labute approximate surface area is 177 Å². The molecule has 2 N–H and O–H groups in total. The van der Waals surface area contributed by atoms with Crippen molar-refractivity contribution < 1.29 is 14.3 Å². The molecule has 30 heavy (non-hydrogen) atoms. The molecule has 1 aliphatic heterocycles. The SMILES string of the molecule is CN=C(NCCC(=O)Nc1cccc(C)n1)N1CCc2cc(OC)c(OC)cc2C1. The van der Waals surface area contributed by atoms with E-state index in [1.54, 1.807) is 27.3 Å². The van der Waals surface area contributed by atoms with Crippen LogP contribution in [-0.4, -0.2) is 56.1 Å². The van der Waals surface area contributed by atoms with Crippen LogP contribution in [0.15, 0.2) is 35.3 Å². The number of hydrogen-bond donors (Lipinski definition) is 2. The number of amides is 1. The van der Waals surface area contributed by atoms with Crippen molar-refractivity contribution in [1.29, 1.82) is 0 Å². The normalized spacial score (nSPS) is 13.5. The summed E-state index contributed by atoms with van der Waals surface area (Å²) in [5, 5.41) is 6.11. The van der Waals surface area contributed by atoms with Crippen LogP contribution in [0.25, 0.3) is 0 Å². The van der Waals surface area contributed by atoms with Gasteiger partial charge in [-0.1, -0.05) is 6.07 Å². The topological polar surface area (TPSA) is 88.1 Å². The first-order chi connectivity index (χ1) is 14.5. The molecule has 0 unspecified atom stereocenters. The van der Waals surface area contributed by atoms with Crippen molar-refractivity contribution >= 4 is 17.7 Å². The number of nitrogens with one attached hydrogen (secondary N) is 2. The lowest BCUT2D eigenvalue weighted by molar-refractivity contribution is -0.116. The van der Waals surface area contributed by atoms with Crippen LogP contribution in [0.2, 0.25) is 0 Å². The van der Waals surface area contributed by atoms with Crippen molar-refractivity contribution in [3.63, 3.8) is 0 Å². The minimum absolute atomic E-state index is 0.0862. The van der Waals surface area contributed by atoms with Crippen LogP contribution in [0.5, 0.6) is 11.5 Å². The first-order valence-corrected chi connectivity index (χ1v) is 9.97. The van der Waals surface area contributed by atoms with Gasteiger partial charge in [-0.25, -0.2) is 4.98 Å². The van der Waals surface area contributed by atoms with Crippen LogP contribution in [-0.2, 0) is 17.8 Å². The number of pyridine rings is 1. The maximum Gasteiger partial charge on any atom is 0.227 e. The molecule has 2 aromatic rings. The number of rotatable bonds is 6. The average Bonchev–Trinajstić information content (AvgIpc) is 2.75. The number of fused-ring (bicyclic) bond motifs is 1. The second kappa shape index (κ2) is 9.96. The van der Waals surface area contributed by atoms with Gasteiger partial charge in [0.1, 0.15) is 5.82 Å².